The van der Waals surface area contributed by atoms with E-state index >= 15 is 0 Å². The van der Waals surface area contributed by atoms with Crippen LogP contribution in [0.5, 0.6) is 0 Å². The van der Waals surface area contributed by atoms with Crippen LogP contribution in [0.25, 0.3) is 11.1 Å². The van der Waals surface area contributed by atoms with Crippen molar-refractivity contribution >= 4 is 20.2 Å². The zero-order valence-corrected chi connectivity index (χ0v) is 19.9. The fourth-order valence-corrected chi connectivity index (χ4v) is 4.63. The van der Waals surface area contributed by atoms with Gasteiger partial charge in [-0.05, 0) is 46.2 Å². The number of hydrogen-bond donors (Lipinski definition) is 0. The van der Waals surface area contributed by atoms with E-state index < -0.39 is 20.2 Å². The molecule has 0 amide bonds. The van der Waals surface area contributed by atoms with Gasteiger partial charge in [0.2, 0.25) is 0 Å². The summed E-state index contributed by atoms with van der Waals surface area (Å²) in [7, 11) is -7.86. The van der Waals surface area contributed by atoms with E-state index in [1.165, 1.54) is 24.3 Å². The Hall–Kier alpha value is -1.74. The lowest BCUT2D eigenvalue weighted by Gasteiger charge is -2.18. The van der Waals surface area contributed by atoms with E-state index in [9.17, 15) is 16.8 Å². The summed E-state index contributed by atoms with van der Waals surface area (Å²) in [4.78, 5) is 0.0305. The van der Waals surface area contributed by atoms with Crippen molar-refractivity contribution in [2.75, 3.05) is 13.2 Å². The second-order valence-electron chi connectivity index (χ2n) is 9.61. The summed E-state index contributed by atoms with van der Waals surface area (Å²) < 4.78 is 60.5. The minimum atomic E-state index is -3.93. The lowest BCUT2D eigenvalue weighted by Crippen LogP contribution is -2.19. The normalized spacial score (nSPS) is 13.4. The molecule has 6 nitrogen and oxygen atoms in total. The Kier molecular flexibility index (Phi) is 7.18. The van der Waals surface area contributed by atoms with Gasteiger partial charge in [-0.1, -0.05) is 65.8 Å². The first-order valence-electron chi connectivity index (χ1n) is 9.59. The van der Waals surface area contributed by atoms with E-state index in [0.717, 1.165) is 0 Å². The fraction of sp³-hybridized carbons (Fsp3) is 0.455. The van der Waals surface area contributed by atoms with Gasteiger partial charge in [0.1, 0.15) is 0 Å². The molecule has 0 aliphatic heterocycles. The molecular weight excluding hydrogens is 424 g/mol. The summed E-state index contributed by atoms with van der Waals surface area (Å²) in [5, 5.41) is 0. The Morgan fingerprint density at radius 1 is 0.633 bits per heavy atom. The lowest BCUT2D eigenvalue weighted by molar-refractivity contribution is 0.203. The summed E-state index contributed by atoms with van der Waals surface area (Å²) in [6, 6.07) is 12.5. The average molecular weight is 455 g/mol. The third-order valence-corrected chi connectivity index (χ3v) is 6.39. The smallest absolute Gasteiger partial charge is 0.266 e. The third-order valence-electron chi connectivity index (χ3n) is 3.87. The molecule has 0 atom stereocenters. The maximum Gasteiger partial charge on any atom is 0.297 e. The number of rotatable bonds is 7. The van der Waals surface area contributed by atoms with Crippen molar-refractivity contribution in [3.05, 3.63) is 48.5 Å². The molecule has 0 radical (unpaired) electrons. The fourth-order valence-electron chi connectivity index (χ4n) is 2.31. The van der Waals surface area contributed by atoms with Crippen molar-refractivity contribution < 1.29 is 25.2 Å². The number of hydrogen-bond acceptors (Lipinski definition) is 6. The summed E-state index contributed by atoms with van der Waals surface area (Å²) in [6.07, 6.45) is 0. The molecule has 0 aliphatic rings. The van der Waals surface area contributed by atoms with Crippen LogP contribution in [0.15, 0.2) is 58.3 Å². The van der Waals surface area contributed by atoms with Crippen LogP contribution in [-0.2, 0) is 28.6 Å². The molecular formula is C22H30O6S2. The van der Waals surface area contributed by atoms with Gasteiger partial charge in [-0.15, -0.1) is 0 Å². The Morgan fingerprint density at radius 3 is 1.27 bits per heavy atom. The van der Waals surface area contributed by atoms with Gasteiger partial charge in [0.15, 0.2) is 0 Å². The van der Waals surface area contributed by atoms with Gasteiger partial charge in [-0.3, -0.25) is 8.37 Å². The van der Waals surface area contributed by atoms with Gasteiger partial charge < -0.3 is 0 Å². The van der Waals surface area contributed by atoms with Crippen molar-refractivity contribution in [2.45, 2.75) is 51.3 Å². The van der Waals surface area contributed by atoms with E-state index in [1.807, 2.05) is 41.5 Å². The highest BCUT2D eigenvalue weighted by Gasteiger charge is 2.22. The molecule has 0 saturated heterocycles. The molecule has 30 heavy (non-hydrogen) atoms. The largest absolute Gasteiger partial charge is 0.297 e. The quantitative estimate of drug-likeness (QED) is 0.556. The molecule has 2 aromatic carbocycles. The van der Waals surface area contributed by atoms with Crippen LogP contribution in [0.3, 0.4) is 0 Å². The van der Waals surface area contributed by atoms with E-state index in [2.05, 4.69) is 0 Å². The third kappa shape index (κ3) is 7.19. The van der Waals surface area contributed by atoms with Gasteiger partial charge in [-0.2, -0.15) is 16.8 Å². The molecule has 166 valence electrons. The first-order valence-corrected chi connectivity index (χ1v) is 12.4. The van der Waals surface area contributed by atoms with Crippen molar-refractivity contribution in [1.82, 2.24) is 0 Å². The van der Waals surface area contributed by atoms with Gasteiger partial charge in [-0.25, -0.2) is 0 Å². The Labute approximate surface area is 180 Å². The molecule has 0 aromatic heterocycles. The second kappa shape index (κ2) is 8.78. The zero-order valence-electron chi connectivity index (χ0n) is 18.3. The SMILES string of the molecule is CC(C)(C)COS(=O)(=O)c1cccc(-c2cccc(S(=O)(=O)OCC(C)(C)C)c2)c1. The standard InChI is InChI=1S/C22H30O6S2/c1-21(2,3)15-27-29(23,24)19-11-7-9-17(13-19)18-10-8-12-20(14-18)30(25,26)28-16-22(4,5)6/h7-14H,15-16H2,1-6H3. The molecule has 0 unspecified atom stereocenters. The molecule has 0 heterocycles. The topological polar surface area (TPSA) is 86.7 Å². The highest BCUT2D eigenvalue weighted by molar-refractivity contribution is 7.87. The molecule has 0 spiro atoms. The maximum absolute atomic E-state index is 12.5. The summed E-state index contributed by atoms with van der Waals surface area (Å²) in [5.41, 5.74) is 0.507. The van der Waals surface area contributed by atoms with Crippen molar-refractivity contribution in [3.8, 4) is 11.1 Å². The molecule has 0 fully saturated rings. The Balaban J connectivity index is 2.34. The van der Waals surface area contributed by atoms with Crippen molar-refractivity contribution in [1.29, 1.82) is 0 Å². The highest BCUT2D eigenvalue weighted by atomic mass is 32.2. The van der Waals surface area contributed by atoms with Crippen LogP contribution in [0.1, 0.15) is 41.5 Å². The molecule has 0 N–H and O–H groups in total. The van der Waals surface area contributed by atoms with Crippen LogP contribution in [-0.4, -0.2) is 30.0 Å². The summed E-state index contributed by atoms with van der Waals surface area (Å²) in [5.74, 6) is 0. The average Bonchev–Trinajstić information content (AvgIpc) is 2.64. The lowest BCUT2D eigenvalue weighted by atomic mass is 9.99. The molecule has 0 saturated carbocycles. The van der Waals surface area contributed by atoms with Crippen molar-refractivity contribution in [3.63, 3.8) is 0 Å². The van der Waals surface area contributed by atoms with Crippen molar-refractivity contribution in [2.24, 2.45) is 10.8 Å². The van der Waals surface area contributed by atoms with E-state index in [4.69, 9.17) is 8.37 Å². The monoisotopic (exact) mass is 454 g/mol. The predicted octanol–water partition coefficient (Wildman–Crippen LogP) is 4.86. The van der Waals surface area contributed by atoms with E-state index in [0.29, 0.717) is 11.1 Å². The van der Waals surface area contributed by atoms with Crippen LogP contribution in [0.2, 0.25) is 0 Å². The highest BCUT2D eigenvalue weighted by Crippen LogP contribution is 2.27. The van der Waals surface area contributed by atoms with Crippen LogP contribution >= 0.6 is 0 Å². The minimum absolute atomic E-state index is 0.0153. The summed E-state index contributed by atoms with van der Waals surface area (Å²) >= 11 is 0. The predicted molar refractivity (Wildman–Crippen MR) is 117 cm³/mol. The van der Waals surface area contributed by atoms with E-state index in [-0.39, 0.29) is 33.8 Å². The summed E-state index contributed by atoms with van der Waals surface area (Å²) in [6.45, 7) is 11.4. The van der Waals surface area contributed by atoms with Crippen LogP contribution in [0, 0.1) is 10.8 Å². The Morgan fingerprint density at radius 2 is 0.967 bits per heavy atom. The molecule has 2 rings (SSSR count). The maximum atomic E-state index is 12.5. The first-order chi connectivity index (χ1) is 13.6. The number of benzene rings is 2. The van der Waals surface area contributed by atoms with Gasteiger partial charge >= 0.3 is 0 Å². The van der Waals surface area contributed by atoms with Gasteiger partial charge in [0.05, 0.1) is 23.0 Å². The van der Waals surface area contributed by atoms with Gasteiger partial charge in [0.25, 0.3) is 20.2 Å². The van der Waals surface area contributed by atoms with E-state index in [1.54, 1.807) is 24.3 Å². The molecule has 0 aliphatic carbocycles. The molecule has 8 heteroatoms. The Bertz CT molecular complexity index is 999. The van der Waals surface area contributed by atoms with Crippen LogP contribution < -0.4 is 0 Å². The second-order valence-corrected chi connectivity index (χ2v) is 12.8. The molecule has 2 aromatic rings. The zero-order chi connectivity index (χ0) is 22.8. The first kappa shape index (κ1) is 24.5. The van der Waals surface area contributed by atoms with Gasteiger partial charge in [0, 0.05) is 0 Å². The minimum Gasteiger partial charge on any atom is -0.266 e. The van der Waals surface area contributed by atoms with Crippen LogP contribution in [0.4, 0.5) is 0 Å². The molecule has 0 bridgehead atoms.